The van der Waals surface area contributed by atoms with Gasteiger partial charge < -0.3 is 10.2 Å². The van der Waals surface area contributed by atoms with Crippen LogP contribution in [0.2, 0.25) is 0 Å². The number of piperidine rings is 1. The van der Waals surface area contributed by atoms with Crippen molar-refractivity contribution in [2.45, 2.75) is 39.8 Å². The summed E-state index contributed by atoms with van der Waals surface area (Å²) in [5.74, 6) is 2.24. The lowest BCUT2D eigenvalue weighted by molar-refractivity contribution is 0.164. The maximum atomic E-state index is 12.9. The number of pyridine rings is 2. The first-order valence-corrected chi connectivity index (χ1v) is 12.7. The molecule has 0 aliphatic carbocycles. The molecule has 5 rings (SSSR count). The van der Waals surface area contributed by atoms with Gasteiger partial charge in [0.05, 0.1) is 29.6 Å². The van der Waals surface area contributed by atoms with E-state index in [4.69, 9.17) is 4.98 Å². The van der Waals surface area contributed by atoms with E-state index >= 15 is 0 Å². The summed E-state index contributed by atoms with van der Waals surface area (Å²) < 4.78 is 14.9. The number of hydrogen-bond acceptors (Lipinski definition) is 6. The highest BCUT2D eigenvalue weighted by atomic mass is 19.1. The van der Waals surface area contributed by atoms with Crippen LogP contribution in [0, 0.1) is 11.8 Å². The van der Waals surface area contributed by atoms with Crippen LogP contribution in [0.4, 0.5) is 10.2 Å². The molecule has 3 aromatic rings. The first-order valence-electron chi connectivity index (χ1n) is 12.7. The number of alkyl halides is 1. The minimum Gasteiger partial charge on any atom is -0.370 e. The fourth-order valence-electron chi connectivity index (χ4n) is 5.33. The summed E-state index contributed by atoms with van der Waals surface area (Å²) in [6, 6.07) is 6.17. The summed E-state index contributed by atoms with van der Waals surface area (Å²) in [6.45, 7) is 11.6. The molecule has 182 valence electrons. The number of nitrogens with one attached hydrogen (secondary N) is 1. The Morgan fingerprint density at radius 3 is 2.91 bits per heavy atom. The summed E-state index contributed by atoms with van der Waals surface area (Å²) in [7, 11) is 0. The van der Waals surface area contributed by atoms with Crippen molar-refractivity contribution in [3.05, 3.63) is 36.3 Å². The lowest BCUT2D eigenvalue weighted by Crippen LogP contribution is -2.39. The summed E-state index contributed by atoms with van der Waals surface area (Å²) >= 11 is 0. The zero-order chi connectivity index (χ0) is 23.5. The van der Waals surface area contributed by atoms with E-state index in [0.29, 0.717) is 24.9 Å². The Morgan fingerprint density at radius 2 is 2.06 bits per heavy atom. The fraction of sp³-hybridized carbons (Fsp3) is 0.577. The average Bonchev–Trinajstić information content (AvgIpc) is 3.26. The third-order valence-corrected chi connectivity index (χ3v) is 7.00. The molecule has 1 N–H and O–H groups in total. The second-order valence-corrected chi connectivity index (χ2v) is 10.2. The van der Waals surface area contributed by atoms with Gasteiger partial charge in [0, 0.05) is 62.5 Å². The first kappa shape index (κ1) is 23.2. The number of fused-ring (bicyclic) bond motifs is 2. The maximum Gasteiger partial charge on any atom is 0.128 e. The Bertz CT molecular complexity index is 1110. The zero-order valence-electron chi connectivity index (χ0n) is 20.4. The minimum absolute atomic E-state index is 0.322. The summed E-state index contributed by atoms with van der Waals surface area (Å²) in [5.41, 5.74) is 3.98. The first-order chi connectivity index (χ1) is 16.6. The number of hydrogen-bond donors (Lipinski definition) is 1. The number of rotatable bonds is 8. The van der Waals surface area contributed by atoms with Crippen molar-refractivity contribution in [1.82, 2.24) is 29.5 Å². The number of anilines is 1. The molecule has 0 spiro atoms. The molecule has 0 amide bonds. The van der Waals surface area contributed by atoms with Gasteiger partial charge in [-0.1, -0.05) is 13.8 Å². The molecule has 1 atom stereocenters. The van der Waals surface area contributed by atoms with Gasteiger partial charge in [0.2, 0.25) is 0 Å². The molecule has 0 radical (unpaired) electrons. The molecule has 7 nitrogen and oxygen atoms in total. The van der Waals surface area contributed by atoms with E-state index in [1.807, 2.05) is 23.1 Å². The van der Waals surface area contributed by atoms with Crippen LogP contribution in [0.15, 0.2) is 30.6 Å². The van der Waals surface area contributed by atoms with E-state index in [-0.39, 0.29) is 6.67 Å². The maximum absolute atomic E-state index is 12.9. The Morgan fingerprint density at radius 1 is 1.15 bits per heavy atom. The normalized spacial score (nSPS) is 19.6. The number of aromatic nitrogens is 4. The van der Waals surface area contributed by atoms with Crippen LogP contribution in [0.3, 0.4) is 0 Å². The molecule has 1 saturated heterocycles. The molecule has 34 heavy (non-hydrogen) atoms. The van der Waals surface area contributed by atoms with Gasteiger partial charge in [-0.25, -0.2) is 14.4 Å². The molecule has 2 aliphatic rings. The molecule has 0 bridgehead atoms. The standard InChI is InChI=1S/C26H36FN7/c1-19(2)16-33-8-3-4-20(17-33)13-28-26-12-24-21(14-29-26)5-6-23(31-24)22-15-30-34-11-10-32(9-7-27)18-25(22)34/h5-6,12,14-15,19-20H,3-4,7-11,13,16-18H2,1-2H3,(H,28,29). The lowest BCUT2D eigenvalue weighted by atomic mass is 9.97. The molecule has 1 unspecified atom stereocenters. The summed E-state index contributed by atoms with van der Waals surface area (Å²) in [4.78, 5) is 14.3. The van der Waals surface area contributed by atoms with Gasteiger partial charge in [0.25, 0.3) is 0 Å². The van der Waals surface area contributed by atoms with Crippen LogP contribution in [-0.2, 0) is 13.1 Å². The van der Waals surface area contributed by atoms with E-state index < -0.39 is 0 Å². The minimum atomic E-state index is -0.322. The highest BCUT2D eigenvalue weighted by Crippen LogP contribution is 2.28. The van der Waals surface area contributed by atoms with Crippen LogP contribution >= 0.6 is 0 Å². The van der Waals surface area contributed by atoms with Gasteiger partial charge in [0.1, 0.15) is 12.5 Å². The molecule has 8 heteroatoms. The molecule has 0 aromatic carbocycles. The molecule has 5 heterocycles. The van der Waals surface area contributed by atoms with Crippen molar-refractivity contribution >= 4 is 16.7 Å². The molecule has 3 aromatic heterocycles. The SMILES string of the molecule is CC(C)CN1CCCC(CNc2cc3nc(-c4cnn5c4CN(CCF)CC5)ccc3cn2)C1. The van der Waals surface area contributed by atoms with E-state index in [2.05, 4.69) is 51.2 Å². The van der Waals surface area contributed by atoms with Crippen LogP contribution in [0.1, 0.15) is 32.4 Å². The van der Waals surface area contributed by atoms with Crippen molar-refractivity contribution in [2.75, 3.05) is 51.3 Å². The van der Waals surface area contributed by atoms with Gasteiger partial charge in [-0.05, 0) is 43.4 Å². The largest absolute Gasteiger partial charge is 0.370 e. The second kappa shape index (κ2) is 10.4. The lowest BCUT2D eigenvalue weighted by Gasteiger charge is -2.33. The predicted octanol–water partition coefficient (Wildman–Crippen LogP) is 4.06. The Hall–Kier alpha value is -2.58. The highest BCUT2D eigenvalue weighted by Gasteiger charge is 2.22. The average molecular weight is 466 g/mol. The Balaban J connectivity index is 1.30. The molecular weight excluding hydrogens is 429 g/mol. The molecule has 1 fully saturated rings. The van der Waals surface area contributed by atoms with Crippen molar-refractivity contribution in [2.24, 2.45) is 11.8 Å². The van der Waals surface area contributed by atoms with E-state index in [1.165, 1.54) is 25.9 Å². The summed E-state index contributed by atoms with van der Waals surface area (Å²) in [5, 5.41) is 9.15. The number of halogens is 1. The van der Waals surface area contributed by atoms with Crippen molar-refractivity contribution in [1.29, 1.82) is 0 Å². The highest BCUT2D eigenvalue weighted by molar-refractivity contribution is 5.83. The second-order valence-electron chi connectivity index (χ2n) is 10.2. The molecule has 0 saturated carbocycles. The number of nitrogens with zero attached hydrogens (tertiary/aromatic N) is 6. The molecule has 2 aliphatic heterocycles. The van der Waals surface area contributed by atoms with E-state index in [0.717, 1.165) is 59.9 Å². The van der Waals surface area contributed by atoms with Gasteiger partial charge in [-0.15, -0.1) is 0 Å². The van der Waals surface area contributed by atoms with Gasteiger partial charge >= 0.3 is 0 Å². The van der Waals surface area contributed by atoms with E-state index in [1.54, 1.807) is 0 Å². The monoisotopic (exact) mass is 465 g/mol. The Kier molecular flexibility index (Phi) is 7.06. The predicted molar refractivity (Wildman–Crippen MR) is 135 cm³/mol. The smallest absolute Gasteiger partial charge is 0.128 e. The number of likely N-dealkylation sites (tertiary alicyclic amines) is 1. The topological polar surface area (TPSA) is 62.1 Å². The molecular formula is C26H36FN7. The van der Waals surface area contributed by atoms with E-state index in [9.17, 15) is 4.39 Å². The zero-order valence-corrected chi connectivity index (χ0v) is 20.4. The van der Waals surface area contributed by atoms with Crippen molar-refractivity contribution in [3.8, 4) is 11.3 Å². The fourth-order valence-corrected chi connectivity index (χ4v) is 5.33. The Labute approximate surface area is 201 Å². The van der Waals surface area contributed by atoms with Crippen LogP contribution in [0.5, 0.6) is 0 Å². The van der Waals surface area contributed by atoms with Crippen molar-refractivity contribution < 1.29 is 4.39 Å². The van der Waals surface area contributed by atoms with Crippen molar-refractivity contribution in [3.63, 3.8) is 0 Å². The van der Waals surface area contributed by atoms with Gasteiger partial charge in [-0.2, -0.15) is 5.10 Å². The van der Waals surface area contributed by atoms with Crippen LogP contribution < -0.4 is 5.32 Å². The van der Waals surface area contributed by atoms with Crippen LogP contribution in [0.25, 0.3) is 22.2 Å². The van der Waals surface area contributed by atoms with Gasteiger partial charge in [-0.3, -0.25) is 9.58 Å². The van der Waals surface area contributed by atoms with Crippen LogP contribution in [-0.4, -0.2) is 75.5 Å². The quantitative estimate of drug-likeness (QED) is 0.541. The third-order valence-electron chi connectivity index (χ3n) is 7.00. The summed E-state index contributed by atoms with van der Waals surface area (Å²) in [6.07, 6.45) is 6.34. The third kappa shape index (κ3) is 5.23. The van der Waals surface area contributed by atoms with Gasteiger partial charge in [0.15, 0.2) is 0 Å².